The first-order valence-electron chi connectivity index (χ1n) is 7.13. The van der Waals surface area contributed by atoms with Crippen LogP contribution in [-0.4, -0.2) is 19.6 Å². The molecule has 2 N–H and O–H groups in total. The number of nitrogens with one attached hydrogen (secondary N) is 2. The van der Waals surface area contributed by atoms with Gasteiger partial charge in [0.25, 0.3) is 0 Å². The average Bonchev–Trinajstić information content (AvgIpc) is 2.36. The number of hydrogen-bond acceptors (Lipinski definition) is 2. The van der Waals surface area contributed by atoms with Crippen LogP contribution in [0.25, 0.3) is 0 Å². The van der Waals surface area contributed by atoms with Gasteiger partial charge in [-0.1, -0.05) is 55.8 Å². The summed E-state index contributed by atoms with van der Waals surface area (Å²) in [4.78, 5) is 0. The SMILES string of the molecule is CCCCCCCNCCNc1cc(Cl)cc(Cl)c1. The quantitative estimate of drug-likeness (QED) is 0.597. The highest BCUT2D eigenvalue weighted by molar-refractivity contribution is 6.35. The van der Waals surface area contributed by atoms with Gasteiger partial charge in [0.1, 0.15) is 0 Å². The van der Waals surface area contributed by atoms with Crippen LogP contribution in [0.3, 0.4) is 0 Å². The summed E-state index contributed by atoms with van der Waals surface area (Å²) in [6.07, 6.45) is 6.62. The van der Waals surface area contributed by atoms with Gasteiger partial charge in [0, 0.05) is 28.8 Å². The lowest BCUT2D eigenvalue weighted by atomic mass is 10.1. The molecule has 0 saturated carbocycles. The Morgan fingerprint density at radius 2 is 1.53 bits per heavy atom. The molecule has 0 heterocycles. The van der Waals surface area contributed by atoms with Gasteiger partial charge in [0.05, 0.1) is 0 Å². The Balaban J connectivity index is 2.01. The first-order valence-corrected chi connectivity index (χ1v) is 7.88. The van der Waals surface area contributed by atoms with Crippen molar-refractivity contribution in [2.75, 3.05) is 25.0 Å². The van der Waals surface area contributed by atoms with Crippen molar-refractivity contribution in [1.82, 2.24) is 5.32 Å². The Morgan fingerprint density at radius 3 is 2.21 bits per heavy atom. The molecule has 0 aromatic heterocycles. The maximum Gasteiger partial charge on any atom is 0.0441 e. The zero-order valence-electron chi connectivity index (χ0n) is 11.6. The smallest absolute Gasteiger partial charge is 0.0441 e. The topological polar surface area (TPSA) is 24.1 Å². The zero-order chi connectivity index (χ0) is 13.9. The summed E-state index contributed by atoms with van der Waals surface area (Å²) in [5.41, 5.74) is 0.974. The predicted octanol–water partition coefficient (Wildman–Crippen LogP) is 4.97. The molecule has 1 aromatic rings. The van der Waals surface area contributed by atoms with Crippen molar-refractivity contribution >= 4 is 28.9 Å². The van der Waals surface area contributed by atoms with Crippen LogP contribution in [0, 0.1) is 0 Å². The third-order valence-corrected chi connectivity index (χ3v) is 3.39. The molecule has 1 aromatic carbocycles. The zero-order valence-corrected chi connectivity index (χ0v) is 13.2. The fourth-order valence-corrected chi connectivity index (χ4v) is 2.46. The molecule has 2 nitrogen and oxygen atoms in total. The molecule has 1 rings (SSSR count). The van der Waals surface area contributed by atoms with E-state index in [1.54, 1.807) is 6.07 Å². The molecule has 0 atom stereocenters. The Morgan fingerprint density at radius 1 is 0.842 bits per heavy atom. The molecule has 0 amide bonds. The van der Waals surface area contributed by atoms with Crippen molar-refractivity contribution in [2.24, 2.45) is 0 Å². The monoisotopic (exact) mass is 302 g/mol. The lowest BCUT2D eigenvalue weighted by molar-refractivity contribution is 0.589. The van der Waals surface area contributed by atoms with Gasteiger partial charge in [-0.25, -0.2) is 0 Å². The second kappa shape index (κ2) is 10.4. The van der Waals surface area contributed by atoms with E-state index in [0.29, 0.717) is 10.0 Å². The van der Waals surface area contributed by atoms with Gasteiger partial charge in [0.15, 0.2) is 0 Å². The number of hydrogen-bond donors (Lipinski definition) is 2. The molecule has 0 bridgehead atoms. The van der Waals surface area contributed by atoms with Gasteiger partial charge in [-0.2, -0.15) is 0 Å². The van der Waals surface area contributed by atoms with E-state index < -0.39 is 0 Å². The van der Waals surface area contributed by atoms with Crippen molar-refractivity contribution in [2.45, 2.75) is 39.0 Å². The van der Waals surface area contributed by atoms with Crippen LogP contribution in [0.1, 0.15) is 39.0 Å². The van der Waals surface area contributed by atoms with Crippen molar-refractivity contribution in [1.29, 1.82) is 0 Å². The summed E-state index contributed by atoms with van der Waals surface area (Å²) in [5.74, 6) is 0. The van der Waals surface area contributed by atoms with Crippen LogP contribution in [0.15, 0.2) is 18.2 Å². The van der Waals surface area contributed by atoms with Crippen molar-refractivity contribution in [3.8, 4) is 0 Å². The molecular weight excluding hydrogens is 279 g/mol. The first-order chi connectivity index (χ1) is 9.22. The fraction of sp³-hybridized carbons (Fsp3) is 0.600. The van der Waals surface area contributed by atoms with Crippen LogP contribution >= 0.6 is 23.2 Å². The Labute approximate surface area is 126 Å². The minimum Gasteiger partial charge on any atom is -0.384 e. The molecule has 0 radical (unpaired) electrons. The molecule has 0 aliphatic rings. The van der Waals surface area contributed by atoms with E-state index >= 15 is 0 Å². The third kappa shape index (κ3) is 8.35. The number of unbranched alkanes of at least 4 members (excludes halogenated alkanes) is 4. The minimum atomic E-state index is 0.666. The second-order valence-corrected chi connectivity index (χ2v) is 5.62. The number of anilines is 1. The van der Waals surface area contributed by atoms with Crippen molar-refractivity contribution in [3.63, 3.8) is 0 Å². The maximum atomic E-state index is 5.93. The van der Waals surface area contributed by atoms with Gasteiger partial charge >= 0.3 is 0 Å². The summed E-state index contributed by atoms with van der Waals surface area (Å²) in [7, 11) is 0. The Hall–Kier alpha value is -0.440. The number of rotatable bonds is 10. The lowest BCUT2D eigenvalue weighted by Crippen LogP contribution is -2.23. The Kier molecular flexibility index (Phi) is 9.06. The fourth-order valence-electron chi connectivity index (χ4n) is 1.93. The standard InChI is InChI=1S/C15H24Cl2N2/c1-2-3-4-5-6-7-18-8-9-19-15-11-13(16)10-14(17)12-15/h10-12,18-19H,2-9H2,1H3. The van der Waals surface area contributed by atoms with E-state index in [0.717, 1.165) is 25.3 Å². The van der Waals surface area contributed by atoms with Gasteiger partial charge in [-0.05, 0) is 31.2 Å². The summed E-state index contributed by atoms with van der Waals surface area (Å²) in [6.45, 7) is 5.18. The maximum absolute atomic E-state index is 5.93. The van der Waals surface area contributed by atoms with Gasteiger partial charge in [-0.15, -0.1) is 0 Å². The van der Waals surface area contributed by atoms with Crippen LogP contribution in [0.5, 0.6) is 0 Å². The number of benzene rings is 1. The van der Waals surface area contributed by atoms with Gasteiger partial charge < -0.3 is 10.6 Å². The summed E-state index contributed by atoms with van der Waals surface area (Å²) in [5, 5.41) is 8.07. The van der Waals surface area contributed by atoms with E-state index in [9.17, 15) is 0 Å². The molecule has 4 heteroatoms. The number of halogens is 2. The van der Waals surface area contributed by atoms with E-state index in [4.69, 9.17) is 23.2 Å². The molecule has 0 fully saturated rings. The van der Waals surface area contributed by atoms with E-state index in [1.807, 2.05) is 12.1 Å². The summed E-state index contributed by atoms with van der Waals surface area (Å²) >= 11 is 11.9. The van der Waals surface area contributed by atoms with Crippen LogP contribution < -0.4 is 10.6 Å². The van der Waals surface area contributed by atoms with Crippen LogP contribution in [-0.2, 0) is 0 Å². The predicted molar refractivity (Wildman–Crippen MR) is 86.6 cm³/mol. The molecule has 0 saturated heterocycles. The van der Waals surface area contributed by atoms with E-state index in [1.165, 1.54) is 32.1 Å². The third-order valence-electron chi connectivity index (χ3n) is 2.95. The lowest BCUT2D eigenvalue weighted by Gasteiger charge is -2.08. The normalized spacial score (nSPS) is 10.7. The van der Waals surface area contributed by atoms with E-state index in [2.05, 4.69) is 17.6 Å². The molecule has 0 aliphatic carbocycles. The Bertz CT molecular complexity index is 336. The molecular formula is C15H24Cl2N2. The highest BCUT2D eigenvalue weighted by atomic mass is 35.5. The largest absolute Gasteiger partial charge is 0.384 e. The van der Waals surface area contributed by atoms with Crippen LogP contribution in [0.4, 0.5) is 5.69 Å². The van der Waals surface area contributed by atoms with E-state index in [-0.39, 0.29) is 0 Å². The molecule has 0 aliphatic heterocycles. The molecule has 0 unspecified atom stereocenters. The average molecular weight is 303 g/mol. The highest BCUT2D eigenvalue weighted by Gasteiger charge is 1.97. The van der Waals surface area contributed by atoms with Gasteiger partial charge in [-0.3, -0.25) is 0 Å². The molecule has 19 heavy (non-hydrogen) atoms. The van der Waals surface area contributed by atoms with Gasteiger partial charge in [0.2, 0.25) is 0 Å². The van der Waals surface area contributed by atoms with Crippen molar-refractivity contribution in [3.05, 3.63) is 28.2 Å². The van der Waals surface area contributed by atoms with Crippen LogP contribution in [0.2, 0.25) is 10.0 Å². The van der Waals surface area contributed by atoms with Crippen molar-refractivity contribution < 1.29 is 0 Å². The summed E-state index contributed by atoms with van der Waals surface area (Å²) < 4.78 is 0. The molecule has 0 spiro atoms. The highest BCUT2D eigenvalue weighted by Crippen LogP contribution is 2.22. The first kappa shape index (κ1) is 16.6. The molecule has 108 valence electrons. The summed E-state index contributed by atoms with van der Waals surface area (Å²) in [6, 6.07) is 5.51. The minimum absolute atomic E-state index is 0.666. The second-order valence-electron chi connectivity index (χ2n) is 4.75.